The van der Waals surface area contributed by atoms with Gasteiger partial charge < -0.3 is 10.3 Å². The fraction of sp³-hybridized carbons (Fsp3) is 0.538. The Balaban J connectivity index is 2.32. The Kier molecular flexibility index (Phi) is 2.43. The van der Waals surface area contributed by atoms with Gasteiger partial charge in [0.15, 0.2) is 5.82 Å². The maximum absolute atomic E-state index is 12.6. The van der Waals surface area contributed by atoms with E-state index in [0.29, 0.717) is 17.2 Å². The average Bonchev–Trinajstić information content (AvgIpc) is 2.89. The third kappa shape index (κ3) is 1.46. The number of nitrogens with two attached hydrogens (primary N) is 1. The molecule has 1 fully saturated rings. The second-order valence-electron chi connectivity index (χ2n) is 5.17. The minimum Gasteiger partial charge on any atom is -0.382 e. The monoisotopic (exact) mass is 246 g/mol. The topological polar surface area (TPSA) is 65.8 Å². The highest BCUT2D eigenvalue weighted by Gasteiger charge is 2.22. The Morgan fingerprint density at radius 2 is 2.06 bits per heavy atom. The van der Waals surface area contributed by atoms with Crippen molar-refractivity contribution in [3.8, 4) is 0 Å². The Labute approximate surface area is 105 Å². The van der Waals surface area contributed by atoms with E-state index in [1.165, 1.54) is 12.8 Å². The lowest BCUT2D eigenvalue weighted by Crippen LogP contribution is -2.25. The highest BCUT2D eigenvalue weighted by Crippen LogP contribution is 2.30. The molecule has 0 amide bonds. The molecule has 0 spiro atoms. The number of anilines is 1. The zero-order chi connectivity index (χ0) is 12.9. The van der Waals surface area contributed by atoms with Gasteiger partial charge in [0.25, 0.3) is 5.56 Å². The average molecular weight is 246 g/mol. The molecule has 0 saturated heterocycles. The Bertz CT molecular complexity index is 662. The summed E-state index contributed by atoms with van der Waals surface area (Å²) >= 11 is 0. The Hall–Kier alpha value is -1.78. The second-order valence-corrected chi connectivity index (χ2v) is 5.17. The van der Waals surface area contributed by atoms with Crippen molar-refractivity contribution in [1.29, 1.82) is 0 Å². The third-order valence-electron chi connectivity index (χ3n) is 3.97. The first-order valence-corrected chi connectivity index (χ1v) is 6.44. The molecule has 5 nitrogen and oxygen atoms in total. The summed E-state index contributed by atoms with van der Waals surface area (Å²) in [4.78, 5) is 12.6. The van der Waals surface area contributed by atoms with Crippen LogP contribution in [-0.2, 0) is 7.05 Å². The van der Waals surface area contributed by atoms with Crippen molar-refractivity contribution in [3.63, 3.8) is 0 Å². The van der Waals surface area contributed by atoms with Gasteiger partial charge in [0.1, 0.15) is 5.39 Å². The summed E-state index contributed by atoms with van der Waals surface area (Å²) < 4.78 is 3.59. The van der Waals surface area contributed by atoms with Crippen LogP contribution < -0.4 is 11.3 Å². The standard InChI is InChI=1S/C13H18N4O/c1-8-7-10-11(12(14)15-16(10)2)13(18)17(8)9-5-3-4-6-9/h7,9H,3-6H2,1-2H3,(H2,14,15). The number of aryl methyl sites for hydroxylation is 2. The molecule has 2 aromatic heterocycles. The van der Waals surface area contributed by atoms with Crippen molar-refractivity contribution >= 4 is 16.7 Å². The van der Waals surface area contributed by atoms with Crippen LogP contribution in [0, 0.1) is 6.92 Å². The molecule has 5 heteroatoms. The largest absolute Gasteiger partial charge is 0.382 e. The highest BCUT2D eigenvalue weighted by molar-refractivity contribution is 5.88. The predicted molar refractivity (Wildman–Crippen MR) is 71.6 cm³/mol. The van der Waals surface area contributed by atoms with Crippen LogP contribution in [0.15, 0.2) is 10.9 Å². The zero-order valence-electron chi connectivity index (χ0n) is 10.8. The molecule has 0 aromatic carbocycles. The van der Waals surface area contributed by atoms with Gasteiger partial charge >= 0.3 is 0 Å². The fourth-order valence-corrected chi connectivity index (χ4v) is 3.11. The molecule has 18 heavy (non-hydrogen) atoms. The Morgan fingerprint density at radius 3 is 2.72 bits per heavy atom. The Morgan fingerprint density at radius 1 is 1.39 bits per heavy atom. The summed E-state index contributed by atoms with van der Waals surface area (Å²) in [5.41, 5.74) is 7.69. The van der Waals surface area contributed by atoms with Gasteiger partial charge in [0.2, 0.25) is 0 Å². The lowest BCUT2D eigenvalue weighted by molar-refractivity contribution is 0.494. The van der Waals surface area contributed by atoms with Crippen LogP contribution >= 0.6 is 0 Å². The molecule has 1 aliphatic carbocycles. The molecule has 0 atom stereocenters. The molecule has 1 saturated carbocycles. The molecular formula is C13H18N4O. The minimum absolute atomic E-state index is 0.0162. The third-order valence-corrected chi connectivity index (χ3v) is 3.97. The van der Waals surface area contributed by atoms with Gasteiger partial charge in [-0.25, -0.2) is 0 Å². The van der Waals surface area contributed by atoms with Crippen molar-refractivity contribution in [1.82, 2.24) is 14.3 Å². The van der Waals surface area contributed by atoms with E-state index in [1.807, 2.05) is 24.6 Å². The quantitative estimate of drug-likeness (QED) is 0.833. The smallest absolute Gasteiger partial charge is 0.264 e. The molecule has 2 heterocycles. The van der Waals surface area contributed by atoms with E-state index in [4.69, 9.17) is 5.73 Å². The van der Waals surface area contributed by atoms with E-state index in [0.717, 1.165) is 24.1 Å². The van der Waals surface area contributed by atoms with Gasteiger partial charge in [-0.15, -0.1) is 0 Å². The molecule has 2 aromatic rings. The number of rotatable bonds is 1. The van der Waals surface area contributed by atoms with Gasteiger partial charge in [-0.3, -0.25) is 9.48 Å². The summed E-state index contributed by atoms with van der Waals surface area (Å²) in [5, 5.41) is 4.71. The summed E-state index contributed by atoms with van der Waals surface area (Å²) in [6.07, 6.45) is 4.59. The number of hydrogen-bond acceptors (Lipinski definition) is 3. The lowest BCUT2D eigenvalue weighted by Gasteiger charge is -2.17. The molecule has 0 aliphatic heterocycles. The van der Waals surface area contributed by atoms with Crippen LogP contribution in [0.5, 0.6) is 0 Å². The molecule has 3 rings (SSSR count). The second kappa shape index (κ2) is 3.86. The van der Waals surface area contributed by atoms with E-state index in [1.54, 1.807) is 4.68 Å². The van der Waals surface area contributed by atoms with Crippen LogP contribution in [0.1, 0.15) is 37.4 Å². The van der Waals surface area contributed by atoms with E-state index in [9.17, 15) is 4.79 Å². The maximum atomic E-state index is 12.6. The van der Waals surface area contributed by atoms with Crippen molar-refractivity contribution in [3.05, 3.63) is 22.1 Å². The van der Waals surface area contributed by atoms with E-state index < -0.39 is 0 Å². The summed E-state index contributed by atoms with van der Waals surface area (Å²) in [7, 11) is 1.82. The predicted octanol–water partition coefficient (Wildman–Crippen LogP) is 1.74. The number of pyridine rings is 1. The molecular weight excluding hydrogens is 228 g/mol. The normalized spacial score (nSPS) is 16.8. The van der Waals surface area contributed by atoms with Crippen molar-refractivity contribution in [2.45, 2.75) is 38.6 Å². The van der Waals surface area contributed by atoms with Crippen molar-refractivity contribution < 1.29 is 0 Å². The number of nitrogens with zero attached hydrogens (tertiary/aromatic N) is 3. The maximum Gasteiger partial charge on any atom is 0.264 e. The number of nitrogen functional groups attached to an aromatic ring is 1. The molecule has 2 N–H and O–H groups in total. The van der Waals surface area contributed by atoms with Gasteiger partial charge in [-0.05, 0) is 25.8 Å². The number of fused-ring (bicyclic) bond motifs is 1. The molecule has 0 radical (unpaired) electrons. The van der Waals surface area contributed by atoms with Gasteiger partial charge in [0.05, 0.1) is 5.52 Å². The molecule has 0 unspecified atom stereocenters. The molecule has 1 aliphatic rings. The van der Waals surface area contributed by atoms with Crippen LogP contribution in [0.2, 0.25) is 0 Å². The van der Waals surface area contributed by atoms with Crippen molar-refractivity contribution in [2.24, 2.45) is 7.05 Å². The van der Waals surface area contributed by atoms with E-state index >= 15 is 0 Å². The minimum atomic E-state index is 0.0162. The van der Waals surface area contributed by atoms with Gasteiger partial charge in [0, 0.05) is 18.8 Å². The van der Waals surface area contributed by atoms with E-state index in [-0.39, 0.29) is 5.56 Å². The number of aromatic nitrogens is 3. The van der Waals surface area contributed by atoms with Crippen molar-refractivity contribution in [2.75, 3.05) is 5.73 Å². The molecule has 96 valence electrons. The fourth-order valence-electron chi connectivity index (χ4n) is 3.11. The van der Waals surface area contributed by atoms with Crippen LogP contribution in [0.25, 0.3) is 10.9 Å². The van der Waals surface area contributed by atoms with Gasteiger partial charge in [-0.1, -0.05) is 12.8 Å². The van der Waals surface area contributed by atoms with Gasteiger partial charge in [-0.2, -0.15) is 5.10 Å². The summed E-state index contributed by atoms with van der Waals surface area (Å²) in [5.74, 6) is 0.337. The van der Waals surface area contributed by atoms with E-state index in [2.05, 4.69) is 5.10 Å². The first-order valence-electron chi connectivity index (χ1n) is 6.44. The summed E-state index contributed by atoms with van der Waals surface area (Å²) in [6, 6.07) is 2.35. The molecule has 0 bridgehead atoms. The lowest BCUT2D eigenvalue weighted by atomic mass is 10.2. The summed E-state index contributed by atoms with van der Waals surface area (Å²) in [6.45, 7) is 1.99. The highest BCUT2D eigenvalue weighted by atomic mass is 16.1. The number of hydrogen-bond donors (Lipinski definition) is 1. The first kappa shape index (κ1) is 11.3. The SMILES string of the molecule is Cc1cc2c(c(N)nn2C)c(=O)n1C1CCCC1. The van der Waals surface area contributed by atoms with Crippen LogP contribution in [-0.4, -0.2) is 14.3 Å². The van der Waals surface area contributed by atoms with Crippen LogP contribution in [0.4, 0.5) is 5.82 Å². The zero-order valence-corrected chi connectivity index (χ0v) is 10.8. The van der Waals surface area contributed by atoms with Crippen LogP contribution in [0.3, 0.4) is 0 Å². The first-order chi connectivity index (χ1) is 8.59.